The Bertz CT molecular complexity index is 1450. The van der Waals surface area contributed by atoms with Crippen molar-refractivity contribution in [3.05, 3.63) is 59.3 Å². The first-order valence-electron chi connectivity index (χ1n) is 13.4. The lowest BCUT2D eigenvalue weighted by molar-refractivity contribution is 0.0820. The second kappa shape index (κ2) is 13.3. The predicted octanol–water partition coefficient (Wildman–Crippen LogP) is 4.19. The van der Waals surface area contributed by atoms with Crippen molar-refractivity contribution in [2.75, 3.05) is 37.0 Å². The topological polar surface area (TPSA) is 149 Å². The van der Waals surface area contributed by atoms with Gasteiger partial charge in [-0.15, -0.1) is 0 Å². The number of carbonyl (C=O) groups excluding carboxylic acids is 1. The van der Waals surface area contributed by atoms with Crippen molar-refractivity contribution in [2.24, 2.45) is 10.9 Å². The van der Waals surface area contributed by atoms with E-state index in [1.54, 1.807) is 12.1 Å². The van der Waals surface area contributed by atoms with Crippen LogP contribution in [0, 0.1) is 5.92 Å². The molecule has 1 amide bonds. The summed E-state index contributed by atoms with van der Waals surface area (Å²) in [6.07, 6.45) is 4.14. The zero-order chi connectivity index (χ0) is 30.4. The Labute approximate surface area is 242 Å². The van der Waals surface area contributed by atoms with Crippen LogP contribution in [0.3, 0.4) is 0 Å². The van der Waals surface area contributed by atoms with Gasteiger partial charge in [0.25, 0.3) is 15.9 Å². The Morgan fingerprint density at radius 2 is 2.02 bits per heavy atom. The third-order valence-electron chi connectivity index (χ3n) is 6.75. The number of allylic oxidation sites excluding steroid dienone is 3. The SMILES string of the molecule is C=N/C(OCCOCC)=C(C)\C=C(/C)c1ccc(C(=O)NS(=O)(=O)c2cccnc2N)c(N2C[C@@H](C)CC2(C)C)n1. The van der Waals surface area contributed by atoms with Crippen molar-refractivity contribution in [3.8, 4) is 0 Å². The van der Waals surface area contributed by atoms with E-state index in [4.69, 9.17) is 20.2 Å². The van der Waals surface area contributed by atoms with Gasteiger partial charge in [0.05, 0.1) is 17.9 Å². The van der Waals surface area contributed by atoms with Crippen LogP contribution < -0.4 is 15.4 Å². The monoisotopic (exact) mass is 584 g/mol. The maximum absolute atomic E-state index is 13.5. The van der Waals surface area contributed by atoms with Gasteiger partial charge in [0, 0.05) is 30.5 Å². The van der Waals surface area contributed by atoms with Gasteiger partial charge in [-0.2, -0.15) is 0 Å². The van der Waals surface area contributed by atoms with Crippen LogP contribution in [0.2, 0.25) is 0 Å². The molecule has 0 aliphatic carbocycles. The molecular formula is C29H40N6O5S. The van der Waals surface area contributed by atoms with Gasteiger partial charge in [0.2, 0.25) is 5.88 Å². The molecule has 2 aromatic heterocycles. The summed E-state index contributed by atoms with van der Waals surface area (Å²) in [7, 11) is -4.27. The van der Waals surface area contributed by atoms with Crippen molar-refractivity contribution in [1.29, 1.82) is 0 Å². The average Bonchev–Trinajstić information content (AvgIpc) is 3.19. The number of rotatable bonds is 12. The number of ether oxygens (including phenoxy) is 2. The number of nitrogens with two attached hydrogens (primary N) is 1. The summed E-state index contributed by atoms with van der Waals surface area (Å²) < 4.78 is 39.2. The second-order valence-electron chi connectivity index (χ2n) is 10.6. The van der Waals surface area contributed by atoms with Gasteiger partial charge in [0.15, 0.2) is 0 Å². The molecule has 0 saturated carbocycles. The van der Waals surface area contributed by atoms with Crippen molar-refractivity contribution >= 4 is 39.9 Å². The first kappa shape index (κ1) is 31.8. The minimum Gasteiger partial charge on any atom is -0.475 e. The van der Waals surface area contributed by atoms with Gasteiger partial charge in [-0.3, -0.25) is 4.79 Å². The molecule has 1 aliphatic heterocycles. The number of nitrogens with zero attached hydrogens (tertiary/aromatic N) is 4. The third kappa shape index (κ3) is 7.70. The maximum Gasteiger partial charge on any atom is 0.268 e. The highest BCUT2D eigenvalue weighted by Gasteiger charge is 2.39. The minimum atomic E-state index is -4.27. The highest BCUT2D eigenvalue weighted by Crippen LogP contribution is 2.38. The van der Waals surface area contributed by atoms with E-state index in [2.05, 4.69) is 47.1 Å². The van der Waals surface area contributed by atoms with Crippen LogP contribution in [0.15, 0.2) is 57.9 Å². The quantitative estimate of drug-likeness (QED) is 0.162. The van der Waals surface area contributed by atoms with E-state index in [1.807, 2.05) is 26.8 Å². The lowest BCUT2D eigenvalue weighted by Gasteiger charge is -2.34. The molecule has 1 saturated heterocycles. The van der Waals surface area contributed by atoms with Crippen LogP contribution in [0.1, 0.15) is 64.0 Å². The number of hydrogen-bond acceptors (Lipinski definition) is 10. The molecule has 222 valence electrons. The van der Waals surface area contributed by atoms with E-state index in [0.29, 0.717) is 49.7 Å². The normalized spacial score (nSPS) is 17.7. The van der Waals surface area contributed by atoms with Gasteiger partial charge < -0.3 is 20.1 Å². The van der Waals surface area contributed by atoms with Gasteiger partial charge in [-0.1, -0.05) is 6.92 Å². The van der Waals surface area contributed by atoms with E-state index < -0.39 is 15.9 Å². The maximum atomic E-state index is 13.5. The van der Waals surface area contributed by atoms with Crippen LogP contribution in [-0.2, 0) is 19.5 Å². The molecule has 0 aromatic carbocycles. The van der Waals surface area contributed by atoms with Crippen LogP contribution in [0.5, 0.6) is 0 Å². The summed E-state index contributed by atoms with van der Waals surface area (Å²) >= 11 is 0. The average molecular weight is 585 g/mol. The van der Waals surface area contributed by atoms with Crippen LogP contribution >= 0.6 is 0 Å². The number of hydrogen-bond donors (Lipinski definition) is 2. The number of sulfonamides is 1. The Morgan fingerprint density at radius 1 is 1.29 bits per heavy atom. The van der Waals surface area contributed by atoms with Crippen LogP contribution in [0.25, 0.3) is 5.57 Å². The highest BCUT2D eigenvalue weighted by molar-refractivity contribution is 7.90. The third-order valence-corrected chi connectivity index (χ3v) is 8.13. The van der Waals surface area contributed by atoms with E-state index in [0.717, 1.165) is 17.6 Å². The smallest absolute Gasteiger partial charge is 0.268 e. The van der Waals surface area contributed by atoms with Crippen molar-refractivity contribution in [1.82, 2.24) is 14.7 Å². The van der Waals surface area contributed by atoms with Crippen LogP contribution in [-0.4, -0.2) is 62.9 Å². The molecule has 2 aromatic rings. The van der Waals surface area contributed by atoms with Gasteiger partial charge in [-0.25, -0.2) is 28.1 Å². The number of amides is 1. The molecule has 12 heteroatoms. The van der Waals surface area contributed by atoms with E-state index >= 15 is 0 Å². The summed E-state index contributed by atoms with van der Waals surface area (Å²) in [4.78, 5) is 28.0. The molecule has 3 heterocycles. The molecule has 1 fully saturated rings. The Balaban J connectivity index is 2.02. The number of pyridine rings is 2. The van der Waals surface area contributed by atoms with Crippen LogP contribution in [0.4, 0.5) is 11.6 Å². The number of nitrogen functional groups attached to an aromatic ring is 1. The Morgan fingerprint density at radius 3 is 2.63 bits per heavy atom. The molecular weight excluding hydrogens is 544 g/mol. The van der Waals surface area contributed by atoms with Gasteiger partial charge >= 0.3 is 0 Å². The summed E-state index contributed by atoms with van der Waals surface area (Å²) in [5, 5.41) is 0. The van der Waals surface area contributed by atoms with E-state index in [-0.39, 0.29) is 21.8 Å². The fourth-order valence-electron chi connectivity index (χ4n) is 4.96. The molecule has 41 heavy (non-hydrogen) atoms. The molecule has 3 N–H and O–H groups in total. The first-order valence-corrected chi connectivity index (χ1v) is 14.9. The summed E-state index contributed by atoms with van der Waals surface area (Å²) in [5.41, 5.74) is 7.75. The lowest BCUT2D eigenvalue weighted by atomic mass is 9.97. The first-order chi connectivity index (χ1) is 19.3. The minimum absolute atomic E-state index is 0.134. The molecule has 0 spiro atoms. The molecule has 3 rings (SSSR count). The Kier molecular flexibility index (Phi) is 10.3. The summed E-state index contributed by atoms with van der Waals surface area (Å²) in [6, 6.07) is 6.01. The zero-order valence-electron chi connectivity index (χ0n) is 24.6. The molecule has 11 nitrogen and oxygen atoms in total. The number of anilines is 2. The molecule has 1 aliphatic rings. The fraction of sp³-hybridized carbons (Fsp3) is 0.448. The predicted molar refractivity (Wildman–Crippen MR) is 161 cm³/mol. The van der Waals surface area contributed by atoms with E-state index in [9.17, 15) is 13.2 Å². The number of aliphatic imine (C=N–C) groups is 1. The number of nitrogens with one attached hydrogen (secondary N) is 1. The van der Waals surface area contributed by atoms with Crippen molar-refractivity contribution in [2.45, 2.75) is 58.4 Å². The van der Waals surface area contributed by atoms with Gasteiger partial charge in [0.1, 0.15) is 23.1 Å². The van der Waals surface area contributed by atoms with E-state index in [1.165, 1.54) is 18.3 Å². The van der Waals surface area contributed by atoms with Gasteiger partial charge in [-0.05, 0) is 89.6 Å². The highest BCUT2D eigenvalue weighted by atomic mass is 32.2. The van der Waals surface area contributed by atoms with Crippen molar-refractivity contribution in [3.63, 3.8) is 0 Å². The summed E-state index contributed by atoms with van der Waals surface area (Å²) in [6.45, 7) is 17.6. The lowest BCUT2D eigenvalue weighted by Crippen LogP contribution is -2.41. The number of carbonyl (C=O) groups is 1. The van der Waals surface area contributed by atoms with Crippen molar-refractivity contribution < 1.29 is 22.7 Å². The second-order valence-corrected chi connectivity index (χ2v) is 12.3. The zero-order valence-corrected chi connectivity index (χ0v) is 25.4. The Hall–Kier alpha value is -3.77. The largest absolute Gasteiger partial charge is 0.475 e. The number of aromatic nitrogens is 2. The fourth-order valence-corrected chi connectivity index (χ4v) is 6.01. The summed E-state index contributed by atoms with van der Waals surface area (Å²) in [5.74, 6) is 0.122. The standard InChI is InChI=1S/C29H40N6O5S/c1-8-39-14-15-40-28(31-7)21(4)16-20(3)23-12-11-22(26(33-23)35-18-19(2)17-29(35,5)6)27(36)34-41(37,38)24-10-9-13-32-25(24)30/h9-13,16,19H,7-8,14-15,17-18H2,1-6H3,(H2,30,32)(H,34,36)/b20-16+,28-21+/t19-/m0/s1. The molecule has 0 bridgehead atoms. The molecule has 1 atom stereocenters. The molecule has 0 unspecified atom stereocenters. The molecule has 0 radical (unpaired) electrons.